The molecule has 112 valence electrons. The van der Waals surface area contributed by atoms with Gasteiger partial charge in [-0.1, -0.05) is 17.7 Å². The van der Waals surface area contributed by atoms with Gasteiger partial charge in [0.15, 0.2) is 0 Å². The fraction of sp³-hybridized carbons (Fsp3) is 0.625. The van der Waals surface area contributed by atoms with Crippen molar-refractivity contribution < 1.29 is 4.39 Å². The first-order valence-electron chi connectivity index (χ1n) is 7.39. The molecule has 2 atom stereocenters. The monoisotopic (exact) mass is 298 g/mol. The van der Waals surface area contributed by atoms with E-state index in [4.69, 9.17) is 11.6 Å². The molecule has 1 saturated heterocycles. The van der Waals surface area contributed by atoms with Crippen molar-refractivity contribution in [2.45, 2.75) is 39.3 Å². The molecule has 0 radical (unpaired) electrons. The minimum atomic E-state index is -0.343. The van der Waals surface area contributed by atoms with Crippen LogP contribution in [0, 0.1) is 11.7 Å². The van der Waals surface area contributed by atoms with Gasteiger partial charge in [-0.15, -0.1) is 0 Å². The molecule has 1 aliphatic rings. The van der Waals surface area contributed by atoms with Crippen molar-refractivity contribution in [3.05, 3.63) is 34.6 Å². The van der Waals surface area contributed by atoms with Crippen molar-refractivity contribution in [2.24, 2.45) is 5.92 Å². The number of hydrogen-bond donors (Lipinski definition) is 1. The number of likely N-dealkylation sites (tertiary alicyclic amines) is 1. The van der Waals surface area contributed by atoms with E-state index in [0.717, 1.165) is 18.7 Å². The first-order valence-corrected chi connectivity index (χ1v) is 7.77. The van der Waals surface area contributed by atoms with Crippen LogP contribution in [-0.4, -0.2) is 30.6 Å². The van der Waals surface area contributed by atoms with E-state index in [9.17, 15) is 4.39 Å². The standard InChI is InChI=1S/C16H24ClFN2/c1-11(2)20-7-6-13(10-20)9-19-12(3)14-4-5-15(17)16(18)8-14/h4-5,8,11-13,19H,6-7,9-10H2,1-3H3. The summed E-state index contributed by atoms with van der Waals surface area (Å²) in [5.74, 6) is 0.349. The minimum Gasteiger partial charge on any atom is -0.310 e. The van der Waals surface area contributed by atoms with Crippen LogP contribution in [0.3, 0.4) is 0 Å². The summed E-state index contributed by atoms with van der Waals surface area (Å²) in [6.07, 6.45) is 1.24. The van der Waals surface area contributed by atoms with E-state index < -0.39 is 0 Å². The third kappa shape index (κ3) is 3.94. The highest BCUT2D eigenvalue weighted by atomic mass is 35.5. The Balaban J connectivity index is 1.83. The lowest BCUT2D eigenvalue weighted by Crippen LogP contribution is -2.31. The van der Waals surface area contributed by atoms with Crippen molar-refractivity contribution in [1.29, 1.82) is 0 Å². The van der Waals surface area contributed by atoms with Gasteiger partial charge in [0.1, 0.15) is 5.82 Å². The summed E-state index contributed by atoms with van der Waals surface area (Å²) in [5.41, 5.74) is 0.950. The fourth-order valence-corrected chi connectivity index (χ4v) is 2.86. The zero-order valence-corrected chi connectivity index (χ0v) is 13.3. The first kappa shape index (κ1) is 15.7. The lowest BCUT2D eigenvalue weighted by molar-refractivity contribution is 0.263. The van der Waals surface area contributed by atoms with Crippen LogP contribution in [0.15, 0.2) is 18.2 Å². The van der Waals surface area contributed by atoms with Crippen LogP contribution in [0.25, 0.3) is 0 Å². The third-order valence-electron chi connectivity index (χ3n) is 4.20. The summed E-state index contributed by atoms with van der Waals surface area (Å²) in [6, 6.07) is 5.81. The van der Waals surface area contributed by atoms with Crippen LogP contribution < -0.4 is 5.32 Å². The van der Waals surface area contributed by atoms with Crippen molar-refractivity contribution in [1.82, 2.24) is 10.2 Å². The van der Waals surface area contributed by atoms with Gasteiger partial charge in [0.2, 0.25) is 0 Å². The largest absolute Gasteiger partial charge is 0.310 e. The SMILES string of the molecule is CC(NCC1CCN(C(C)C)C1)c1ccc(Cl)c(F)c1. The Labute approximate surface area is 126 Å². The van der Waals surface area contributed by atoms with Gasteiger partial charge in [0.05, 0.1) is 5.02 Å². The molecular formula is C16H24ClFN2. The average molecular weight is 299 g/mol. The van der Waals surface area contributed by atoms with Gasteiger partial charge >= 0.3 is 0 Å². The van der Waals surface area contributed by atoms with Crippen molar-refractivity contribution >= 4 is 11.6 Å². The summed E-state index contributed by atoms with van der Waals surface area (Å²) in [7, 11) is 0. The Morgan fingerprint density at radius 1 is 1.40 bits per heavy atom. The van der Waals surface area contributed by atoms with E-state index in [1.54, 1.807) is 6.07 Å². The predicted molar refractivity (Wildman–Crippen MR) is 82.6 cm³/mol. The Morgan fingerprint density at radius 2 is 2.15 bits per heavy atom. The summed E-state index contributed by atoms with van der Waals surface area (Å²) in [4.78, 5) is 2.51. The quantitative estimate of drug-likeness (QED) is 0.888. The fourth-order valence-electron chi connectivity index (χ4n) is 2.74. The summed E-state index contributed by atoms with van der Waals surface area (Å²) in [5, 5.41) is 3.70. The van der Waals surface area contributed by atoms with E-state index in [1.165, 1.54) is 19.0 Å². The summed E-state index contributed by atoms with van der Waals surface area (Å²) < 4.78 is 13.5. The molecule has 1 aliphatic heterocycles. The molecule has 0 amide bonds. The smallest absolute Gasteiger partial charge is 0.142 e. The number of halogens is 2. The van der Waals surface area contributed by atoms with Crippen LogP contribution in [0.4, 0.5) is 4.39 Å². The third-order valence-corrected chi connectivity index (χ3v) is 4.51. The second-order valence-electron chi connectivity index (χ2n) is 6.05. The number of hydrogen-bond acceptors (Lipinski definition) is 2. The molecule has 2 unspecified atom stereocenters. The van der Waals surface area contributed by atoms with Gasteiger partial charge in [-0.25, -0.2) is 4.39 Å². The van der Waals surface area contributed by atoms with Crippen molar-refractivity contribution in [3.63, 3.8) is 0 Å². The highest BCUT2D eigenvalue weighted by Crippen LogP contribution is 2.22. The zero-order valence-electron chi connectivity index (χ0n) is 12.5. The average Bonchev–Trinajstić information content (AvgIpc) is 2.88. The van der Waals surface area contributed by atoms with Gasteiger partial charge in [0, 0.05) is 18.6 Å². The van der Waals surface area contributed by atoms with Crippen molar-refractivity contribution in [3.8, 4) is 0 Å². The maximum absolute atomic E-state index is 13.5. The van der Waals surface area contributed by atoms with E-state index in [-0.39, 0.29) is 16.9 Å². The van der Waals surface area contributed by atoms with Gasteiger partial charge in [-0.3, -0.25) is 0 Å². The van der Waals surface area contributed by atoms with Crippen molar-refractivity contribution in [2.75, 3.05) is 19.6 Å². The molecule has 0 aliphatic carbocycles. The molecule has 1 fully saturated rings. The Kier molecular flexibility index (Phi) is 5.42. The number of rotatable bonds is 5. The van der Waals surface area contributed by atoms with Crippen LogP contribution in [0.5, 0.6) is 0 Å². The van der Waals surface area contributed by atoms with Gasteiger partial charge in [-0.05, 0) is 63.9 Å². The number of nitrogens with zero attached hydrogens (tertiary/aromatic N) is 1. The normalized spacial score (nSPS) is 21.6. The Morgan fingerprint density at radius 3 is 2.75 bits per heavy atom. The van der Waals surface area contributed by atoms with Crippen LogP contribution in [-0.2, 0) is 0 Å². The number of nitrogens with one attached hydrogen (secondary N) is 1. The molecule has 0 aromatic heterocycles. The van der Waals surface area contributed by atoms with Gasteiger partial charge < -0.3 is 10.2 Å². The number of benzene rings is 1. The van der Waals surface area contributed by atoms with Crippen LogP contribution in [0.2, 0.25) is 5.02 Å². The molecule has 4 heteroatoms. The molecule has 2 nitrogen and oxygen atoms in total. The minimum absolute atomic E-state index is 0.148. The Bertz CT molecular complexity index is 450. The first-order chi connectivity index (χ1) is 9.47. The van der Waals surface area contributed by atoms with E-state index in [1.807, 2.05) is 6.07 Å². The zero-order chi connectivity index (χ0) is 14.7. The maximum Gasteiger partial charge on any atom is 0.142 e. The molecular weight excluding hydrogens is 275 g/mol. The summed E-state index contributed by atoms with van der Waals surface area (Å²) >= 11 is 5.71. The maximum atomic E-state index is 13.5. The second kappa shape index (κ2) is 6.88. The molecule has 1 heterocycles. The molecule has 0 bridgehead atoms. The van der Waals surface area contributed by atoms with Crippen LogP contribution in [0.1, 0.15) is 38.8 Å². The molecule has 1 aromatic carbocycles. The Hall–Kier alpha value is -0.640. The van der Waals surface area contributed by atoms with E-state index in [0.29, 0.717) is 12.0 Å². The van der Waals surface area contributed by atoms with E-state index in [2.05, 4.69) is 31.0 Å². The van der Waals surface area contributed by atoms with Gasteiger partial charge in [-0.2, -0.15) is 0 Å². The molecule has 2 rings (SSSR count). The molecule has 0 spiro atoms. The lowest BCUT2D eigenvalue weighted by atomic mass is 10.1. The predicted octanol–water partition coefficient (Wildman–Crippen LogP) is 3.86. The molecule has 20 heavy (non-hydrogen) atoms. The molecule has 1 N–H and O–H groups in total. The topological polar surface area (TPSA) is 15.3 Å². The van der Waals surface area contributed by atoms with E-state index >= 15 is 0 Å². The van der Waals surface area contributed by atoms with Gasteiger partial charge in [0.25, 0.3) is 0 Å². The molecule has 1 aromatic rings. The lowest BCUT2D eigenvalue weighted by Gasteiger charge is -2.21. The van der Waals surface area contributed by atoms with Crippen LogP contribution >= 0.6 is 11.6 Å². The second-order valence-corrected chi connectivity index (χ2v) is 6.45. The summed E-state index contributed by atoms with van der Waals surface area (Å²) in [6.45, 7) is 9.89. The highest BCUT2D eigenvalue weighted by Gasteiger charge is 2.24. The highest BCUT2D eigenvalue weighted by molar-refractivity contribution is 6.30. The molecule has 0 saturated carbocycles.